The molecule has 1 unspecified atom stereocenters. The molecule has 4 N–H and O–H groups in total. The standard InChI is InChI=1S/C13H16N4O2S/c1-10(13-7-2-3-8-15-13)16-11-5-4-6-12(9-11)17-20(14,18)19/h2-10,16-17H,1H3,(H2,14,18,19). The van der Waals surface area contributed by atoms with Crippen LogP contribution in [-0.2, 0) is 10.2 Å². The molecule has 0 saturated heterocycles. The van der Waals surface area contributed by atoms with Crippen LogP contribution in [-0.4, -0.2) is 13.4 Å². The highest BCUT2D eigenvalue weighted by atomic mass is 32.2. The van der Waals surface area contributed by atoms with Gasteiger partial charge < -0.3 is 5.32 Å². The third-order valence-electron chi connectivity index (χ3n) is 2.64. The number of pyridine rings is 1. The average Bonchev–Trinajstić information content (AvgIpc) is 2.38. The Morgan fingerprint density at radius 3 is 2.55 bits per heavy atom. The smallest absolute Gasteiger partial charge is 0.296 e. The number of nitrogens with zero attached hydrogens (tertiary/aromatic N) is 1. The van der Waals surface area contributed by atoms with E-state index in [0.717, 1.165) is 11.4 Å². The van der Waals surface area contributed by atoms with Crippen LogP contribution < -0.4 is 15.2 Å². The number of hydrogen-bond donors (Lipinski definition) is 3. The average molecular weight is 292 g/mol. The first-order valence-corrected chi connectivity index (χ1v) is 7.57. The third-order valence-corrected chi connectivity index (χ3v) is 3.16. The summed E-state index contributed by atoms with van der Waals surface area (Å²) in [6.45, 7) is 1.97. The van der Waals surface area contributed by atoms with E-state index < -0.39 is 10.2 Å². The Kier molecular flexibility index (Phi) is 4.21. The topological polar surface area (TPSA) is 97.1 Å². The van der Waals surface area contributed by atoms with Crippen LogP contribution in [0.1, 0.15) is 18.7 Å². The highest BCUT2D eigenvalue weighted by Crippen LogP contribution is 2.20. The van der Waals surface area contributed by atoms with Gasteiger partial charge in [0, 0.05) is 11.9 Å². The maximum Gasteiger partial charge on any atom is 0.296 e. The van der Waals surface area contributed by atoms with E-state index in [0.29, 0.717) is 5.69 Å². The second kappa shape index (κ2) is 5.89. The molecule has 1 atom stereocenters. The van der Waals surface area contributed by atoms with Gasteiger partial charge in [0.1, 0.15) is 0 Å². The molecule has 6 nitrogen and oxygen atoms in total. The summed E-state index contributed by atoms with van der Waals surface area (Å²) < 4.78 is 24.2. The van der Waals surface area contributed by atoms with Gasteiger partial charge in [-0.3, -0.25) is 9.71 Å². The van der Waals surface area contributed by atoms with E-state index in [1.807, 2.05) is 31.2 Å². The van der Waals surface area contributed by atoms with Crippen LogP contribution in [0.3, 0.4) is 0 Å². The highest BCUT2D eigenvalue weighted by molar-refractivity contribution is 7.90. The lowest BCUT2D eigenvalue weighted by molar-refractivity contribution is 0.603. The Hall–Kier alpha value is -2.12. The lowest BCUT2D eigenvalue weighted by Gasteiger charge is -2.15. The molecule has 1 heterocycles. The van der Waals surface area contributed by atoms with Crippen LogP contribution in [0.15, 0.2) is 48.7 Å². The van der Waals surface area contributed by atoms with Gasteiger partial charge in [0.2, 0.25) is 0 Å². The fourth-order valence-corrected chi connectivity index (χ4v) is 2.25. The molecule has 106 valence electrons. The molecular formula is C13H16N4O2S. The molecule has 0 fully saturated rings. The molecule has 0 saturated carbocycles. The maximum atomic E-state index is 11.0. The quantitative estimate of drug-likeness (QED) is 0.783. The predicted molar refractivity (Wildman–Crippen MR) is 79.4 cm³/mol. The summed E-state index contributed by atoms with van der Waals surface area (Å²) in [6, 6.07) is 12.6. The van der Waals surface area contributed by atoms with Crippen LogP contribution >= 0.6 is 0 Å². The number of anilines is 2. The molecule has 0 amide bonds. The number of aromatic nitrogens is 1. The monoisotopic (exact) mass is 292 g/mol. The maximum absolute atomic E-state index is 11.0. The van der Waals surface area contributed by atoms with Gasteiger partial charge in [0.25, 0.3) is 10.2 Å². The first-order valence-electron chi connectivity index (χ1n) is 6.02. The van der Waals surface area contributed by atoms with E-state index in [1.165, 1.54) is 0 Å². The predicted octanol–water partition coefficient (Wildman–Crippen LogP) is 1.87. The second-order valence-corrected chi connectivity index (χ2v) is 5.64. The summed E-state index contributed by atoms with van der Waals surface area (Å²) >= 11 is 0. The van der Waals surface area contributed by atoms with Crippen molar-refractivity contribution >= 4 is 21.6 Å². The minimum atomic E-state index is -3.76. The van der Waals surface area contributed by atoms with Crippen molar-refractivity contribution in [2.75, 3.05) is 10.0 Å². The fraction of sp³-hybridized carbons (Fsp3) is 0.154. The summed E-state index contributed by atoms with van der Waals surface area (Å²) in [4.78, 5) is 4.26. The van der Waals surface area contributed by atoms with Gasteiger partial charge in [-0.1, -0.05) is 12.1 Å². The first kappa shape index (κ1) is 14.3. The minimum absolute atomic E-state index is 0.000865. The van der Waals surface area contributed by atoms with E-state index in [4.69, 9.17) is 5.14 Å². The van der Waals surface area contributed by atoms with Gasteiger partial charge >= 0.3 is 0 Å². The molecular weight excluding hydrogens is 276 g/mol. The Balaban J connectivity index is 2.12. The van der Waals surface area contributed by atoms with Crippen molar-refractivity contribution in [2.45, 2.75) is 13.0 Å². The molecule has 0 aliphatic carbocycles. The van der Waals surface area contributed by atoms with E-state index in [9.17, 15) is 8.42 Å². The second-order valence-electron chi connectivity index (χ2n) is 4.35. The van der Waals surface area contributed by atoms with Crippen molar-refractivity contribution in [1.82, 2.24) is 4.98 Å². The van der Waals surface area contributed by atoms with E-state index >= 15 is 0 Å². The molecule has 0 bridgehead atoms. The summed E-state index contributed by atoms with van der Waals surface area (Å²) in [7, 11) is -3.76. The van der Waals surface area contributed by atoms with Crippen LogP contribution in [0.2, 0.25) is 0 Å². The van der Waals surface area contributed by atoms with Gasteiger partial charge in [-0.05, 0) is 37.3 Å². The molecule has 0 aliphatic rings. The molecule has 2 rings (SSSR count). The van der Waals surface area contributed by atoms with Gasteiger partial charge in [-0.2, -0.15) is 8.42 Å². The molecule has 7 heteroatoms. The molecule has 0 spiro atoms. The van der Waals surface area contributed by atoms with Crippen molar-refractivity contribution in [2.24, 2.45) is 5.14 Å². The molecule has 1 aromatic heterocycles. The molecule has 0 radical (unpaired) electrons. The molecule has 2 aromatic rings. The van der Waals surface area contributed by atoms with Crippen molar-refractivity contribution in [3.05, 3.63) is 54.4 Å². The Labute approximate surface area is 118 Å². The minimum Gasteiger partial charge on any atom is -0.377 e. The van der Waals surface area contributed by atoms with Crippen LogP contribution in [0.25, 0.3) is 0 Å². The first-order chi connectivity index (χ1) is 9.44. The van der Waals surface area contributed by atoms with Crippen molar-refractivity contribution in [1.29, 1.82) is 0 Å². The fourth-order valence-electron chi connectivity index (χ4n) is 1.79. The van der Waals surface area contributed by atoms with Gasteiger partial charge in [0.15, 0.2) is 0 Å². The van der Waals surface area contributed by atoms with Gasteiger partial charge in [-0.25, -0.2) is 5.14 Å². The zero-order chi connectivity index (χ0) is 14.6. The zero-order valence-electron chi connectivity index (χ0n) is 10.9. The van der Waals surface area contributed by atoms with Crippen molar-refractivity contribution in [3.8, 4) is 0 Å². The zero-order valence-corrected chi connectivity index (χ0v) is 11.8. The number of nitrogens with two attached hydrogens (primary N) is 1. The highest BCUT2D eigenvalue weighted by Gasteiger charge is 2.07. The molecule has 1 aromatic carbocycles. The Bertz CT molecular complexity index is 674. The SMILES string of the molecule is CC(Nc1cccc(NS(N)(=O)=O)c1)c1ccccn1. The van der Waals surface area contributed by atoms with Gasteiger partial charge in [-0.15, -0.1) is 0 Å². The molecule has 0 aliphatic heterocycles. The summed E-state index contributed by atoms with van der Waals surface area (Å²) in [6.07, 6.45) is 1.73. The normalized spacial score (nSPS) is 12.7. The van der Waals surface area contributed by atoms with Crippen LogP contribution in [0.4, 0.5) is 11.4 Å². The number of benzene rings is 1. The Morgan fingerprint density at radius 2 is 1.90 bits per heavy atom. The number of rotatable bonds is 5. The van der Waals surface area contributed by atoms with Crippen molar-refractivity contribution in [3.63, 3.8) is 0 Å². The van der Waals surface area contributed by atoms with Crippen molar-refractivity contribution < 1.29 is 8.42 Å². The summed E-state index contributed by atoms with van der Waals surface area (Å²) in [5, 5.41) is 8.19. The van der Waals surface area contributed by atoms with E-state index in [2.05, 4.69) is 15.0 Å². The third kappa shape index (κ3) is 4.22. The summed E-state index contributed by atoms with van der Waals surface area (Å²) in [5.41, 5.74) is 2.08. The lowest BCUT2D eigenvalue weighted by Crippen LogP contribution is -2.21. The van der Waals surface area contributed by atoms with E-state index in [-0.39, 0.29) is 6.04 Å². The molecule has 20 heavy (non-hydrogen) atoms. The lowest BCUT2D eigenvalue weighted by atomic mass is 10.2. The van der Waals surface area contributed by atoms with Gasteiger partial charge in [0.05, 0.1) is 17.4 Å². The van der Waals surface area contributed by atoms with Crippen LogP contribution in [0.5, 0.6) is 0 Å². The van der Waals surface area contributed by atoms with Crippen LogP contribution in [0, 0.1) is 0 Å². The van der Waals surface area contributed by atoms with E-state index in [1.54, 1.807) is 24.4 Å². The Morgan fingerprint density at radius 1 is 1.15 bits per heavy atom. The summed E-state index contributed by atoms with van der Waals surface area (Å²) in [5.74, 6) is 0. The number of hydrogen-bond acceptors (Lipinski definition) is 4. The largest absolute Gasteiger partial charge is 0.377 e. The number of nitrogens with one attached hydrogen (secondary N) is 2.